The molecular formula is C18H29N. The van der Waals surface area contributed by atoms with E-state index in [1.165, 1.54) is 42.4 Å². The molecule has 1 aliphatic rings. The highest BCUT2D eigenvalue weighted by molar-refractivity contribution is 5.35. The lowest BCUT2D eigenvalue weighted by Gasteiger charge is -2.35. The van der Waals surface area contributed by atoms with Crippen LogP contribution in [0.1, 0.15) is 62.3 Å². The Balaban J connectivity index is 2.26. The van der Waals surface area contributed by atoms with Gasteiger partial charge in [-0.2, -0.15) is 0 Å². The van der Waals surface area contributed by atoms with Crippen LogP contribution in [0.5, 0.6) is 0 Å². The van der Waals surface area contributed by atoms with E-state index in [0.29, 0.717) is 6.04 Å². The normalized spacial score (nSPS) is 25.3. The number of nitrogens with one attached hydrogen (secondary N) is 1. The Morgan fingerprint density at radius 2 is 2.05 bits per heavy atom. The van der Waals surface area contributed by atoms with Crippen molar-refractivity contribution in [2.45, 2.75) is 59.4 Å². The second-order valence-electron chi connectivity index (χ2n) is 6.36. The summed E-state index contributed by atoms with van der Waals surface area (Å²) in [6.07, 6.45) is 5.58. The van der Waals surface area contributed by atoms with Gasteiger partial charge in [0.1, 0.15) is 0 Å². The Kier molecular flexibility index (Phi) is 5.04. The van der Waals surface area contributed by atoms with Crippen LogP contribution in [0.3, 0.4) is 0 Å². The van der Waals surface area contributed by atoms with Gasteiger partial charge in [0.2, 0.25) is 0 Å². The Hall–Kier alpha value is -0.820. The zero-order chi connectivity index (χ0) is 13.8. The fraction of sp³-hybridized carbons (Fsp3) is 0.667. The molecule has 106 valence electrons. The predicted molar refractivity (Wildman–Crippen MR) is 83.5 cm³/mol. The smallest absolute Gasteiger partial charge is 0.0351 e. The van der Waals surface area contributed by atoms with E-state index in [0.717, 1.165) is 18.4 Å². The van der Waals surface area contributed by atoms with Gasteiger partial charge in [0.05, 0.1) is 0 Å². The predicted octanol–water partition coefficient (Wildman–Crippen LogP) is 4.78. The minimum absolute atomic E-state index is 0.549. The summed E-state index contributed by atoms with van der Waals surface area (Å²) >= 11 is 0. The third kappa shape index (κ3) is 3.39. The van der Waals surface area contributed by atoms with Crippen molar-refractivity contribution in [3.05, 3.63) is 34.9 Å². The number of hydrogen-bond donors (Lipinski definition) is 1. The van der Waals surface area contributed by atoms with Crippen molar-refractivity contribution >= 4 is 0 Å². The molecule has 0 radical (unpaired) electrons. The molecule has 0 saturated heterocycles. The molecule has 3 atom stereocenters. The van der Waals surface area contributed by atoms with Crippen LogP contribution in [0.2, 0.25) is 0 Å². The Morgan fingerprint density at radius 3 is 2.74 bits per heavy atom. The fourth-order valence-corrected chi connectivity index (χ4v) is 3.64. The molecule has 1 aromatic rings. The molecule has 0 heterocycles. The van der Waals surface area contributed by atoms with Crippen LogP contribution in [-0.4, -0.2) is 6.54 Å². The summed E-state index contributed by atoms with van der Waals surface area (Å²) in [7, 11) is 0. The summed E-state index contributed by atoms with van der Waals surface area (Å²) in [5.74, 6) is 1.70. The van der Waals surface area contributed by atoms with Gasteiger partial charge in [-0.3, -0.25) is 0 Å². The van der Waals surface area contributed by atoms with E-state index >= 15 is 0 Å². The molecule has 1 aromatic carbocycles. The molecule has 0 bridgehead atoms. The average molecular weight is 259 g/mol. The van der Waals surface area contributed by atoms with Crippen molar-refractivity contribution in [2.75, 3.05) is 6.54 Å². The zero-order valence-corrected chi connectivity index (χ0v) is 13.0. The van der Waals surface area contributed by atoms with E-state index in [4.69, 9.17) is 0 Å². The van der Waals surface area contributed by atoms with Crippen molar-refractivity contribution in [3.8, 4) is 0 Å². The molecule has 3 unspecified atom stereocenters. The van der Waals surface area contributed by atoms with Crippen LogP contribution in [-0.2, 0) is 0 Å². The van der Waals surface area contributed by atoms with Gasteiger partial charge < -0.3 is 5.32 Å². The molecule has 1 nitrogen and oxygen atoms in total. The van der Waals surface area contributed by atoms with Crippen molar-refractivity contribution in [2.24, 2.45) is 11.8 Å². The Bertz CT molecular complexity index is 410. The largest absolute Gasteiger partial charge is 0.310 e. The lowest BCUT2D eigenvalue weighted by Crippen LogP contribution is -2.31. The molecule has 1 N–H and O–H groups in total. The molecule has 1 aliphatic carbocycles. The van der Waals surface area contributed by atoms with Gasteiger partial charge in [-0.1, -0.05) is 44.9 Å². The summed E-state index contributed by atoms with van der Waals surface area (Å²) in [5.41, 5.74) is 4.43. The summed E-state index contributed by atoms with van der Waals surface area (Å²) in [6, 6.07) is 7.32. The third-order valence-electron chi connectivity index (χ3n) is 4.85. The molecule has 0 aliphatic heterocycles. The summed E-state index contributed by atoms with van der Waals surface area (Å²) in [5, 5.41) is 3.76. The first-order valence-electron chi connectivity index (χ1n) is 7.93. The highest BCUT2D eigenvalue weighted by atomic mass is 14.9. The third-order valence-corrected chi connectivity index (χ3v) is 4.85. The van der Waals surface area contributed by atoms with E-state index in [1.807, 2.05) is 0 Å². The first-order chi connectivity index (χ1) is 9.13. The molecule has 1 saturated carbocycles. The van der Waals surface area contributed by atoms with E-state index in [-0.39, 0.29) is 0 Å². The van der Waals surface area contributed by atoms with Crippen LogP contribution in [0.25, 0.3) is 0 Å². The Morgan fingerprint density at radius 1 is 1.26 bits per heavy atom. The molecule has 19 heavy (non-hydrogen) atoms. The van der Waals surface area contributed by atoms with Gasteiger partial charge in [0.25, 0.3) is 0 Å². The monoisotopic (exact) mass is 259 g/mol. The number of rotatable bonds is 4. The van der Waals surface area contributed by atoms with Gasteiger partial charge in [-0.05, 0) is 61.8 Å². The van der Waals surface area contributed by atoms with Crippen LogP contribution in [0.15, 0.2) is 18.2 Å². The highest BCUT2D eigenvalue weighted by Gasteiger charge is 2.28. The van der Waals surface area contributed by atoms with E-state index in [1.54, 1.807) is 0 Å². The number of benzene rings is 1. The molecule has 0 spiro atoms. The van der Waals surface area contributed by atoms with Crippen molar-refractivity contribution in [1.82, 2.24) is 5.32 Å². The number of aryl methyl sites for hydroxylation is 1. The maximum Gasteiger partial charge on any atom is 0.0351 e. The topological polar surface area (TPSA) is 12.0 Å². The minimum atomic E-state index is 0.549. The fourth-order valence-electron chi connectivity index (χ4n) is 3.64. The first-order valence-corrected chi connectivity index (χ1v) is 7.93. The van der Waals surface area contributed by atoms with Gasteiger partial charge in [0.15, 0.2) is 0 Å². The summed E-state index contributed by atoms with van der Waals surface area (Å²) < 4.78 is 0. The summed E-state index contributed by atoms with van der Waals surface area (Å²) in [4.78, 5) is 0. The second kappa shape index (κ2) is 6.56. The average Bonchev–Trinajstić information content (AvgIpc) is 2.40. The molecule has 1 fully saturated rings. The molecule has 0 amide bonds. The SMILES string of the molecule is CCNC(c1cccc(C)c1C)C1CCCC(C)C1. The van der Waals surface area contributed by atoms with E-state index in [2.05, 4.69) is 51.2 Å². The quantitative estimate of drug-likeness (QED) is 0.820. The molecule has 1 heteroatoms. The van der Waals surface area contributed by atoms with E-state index in [9.17, 15) is 0 Å². The van der Waals surface area contributed by atoms with Crippen LogP contribution < -0.4 is 5.32 Å². The van der Waals surface area contributed by atoms with Gasteiger partial charge in [0, 0.05) is 6.04 Å². The number of hydrogen-bond acceptors (Lipinski definition) is 1. The molecular weight excluding hydrogens is 230 g/mol. The van der Waals surface area contributed by atoms with Crippen molar-refractivity contribution < 1.29 is 0 Å². The standard InChI is InChI=1S/C18H29N/c1-5-19-18(16-10-6-8-13(2)12-16)17-11-7-9-14(3)15(17)4/h7,9,11,13,16,18-19H,5-6,8,10,12H2,1-4H3. The molecule has 0 aromatic heterocycles. The van der Waals surface area contributed by atoms with Crippen molar-refractivity contribution in [1.29, 1.82) is 0 Å². The van der Waals surface area contributed by atoms with Gasteiger partial charge in [-0.25, -0.2) is 0 Å². The lowest BCUT2D eigenvalue weighted by molar-refractivity contribution is 0.225. The summed E-state index contributed by atoms with van der Waals surface area (Å²) in [6.45, 7) is 10.2. The van der Waals surface area contributed by atoms with Crippen LogP contribution >= 0.6 is 0 Å². The minimum Gasteiger partial charge on any atom is -0.310 e. The molecule has 2 rings (SSSR count). The van der Waals surface area contributed by atoms with Crippen molar-refractivity contribution in [3.63, 3.8) is 0 Å². The zero-order valence-electron chi connectivity index (χ0n) is 13.0. The second-order valence-corrected chi connectivity index (χ2v) is 6.36. The highest BCUT2D eigenvalue weighted by Crippen LogP contribution is 2.38. The van der Waals surface area contributed by atoms with Crippen LogP contribution in [0, 0.1) is 25.7 Å². The van der Waals surface area contributed by atoms with Gasteiger partial charge in [-0.15, -0.1) is 0 Å². The van der Waals surface area contributed by atoms with E-state index < -0.39 is 0 Å². The first kappa shape index (κ1) is 14.6. The maximum absolute atomic E-state index is 3.76. The maximum atomic E-state index is 3.76. The lowest BCUT2D eigenvalue weighted by atomic mass is 9.75. The van der Waals surface area contributed by atoms with Crippen LogP contribution in [0.4, 0.5) is 0 Å². The Labute approximate surface area is 118 Å². The van der Waals surface area contributed by atoms with Gasteiger partial charge >= 0.3 is 0 Å².